The van der Waals surface area contributed by atoms with Gasteiger partial charge in [-0.05, 0) is 44.2 Å². The number of rotatable bonds is 7. The van der Waals surface area contributed by atoms with Gasteiger partial charge in [0.15, 0.2) is 5.82 Å². The molecule has 1 aliphatic carbocycles. The molecule has 1 saturated carbocycles. The lowest BCUT2D eigenvalue weighted by atomic mass is 10.1. The highest BCUT2D eigenvalue weighted by atomic mass is 32.2. The summed E-state index contributed by atoms with van der Waals surface area (Å²) in [6, 6.07) is 8.24. The summed E-state index contributed by atoms with van der Waals surface area (Å²) >= 11 is 0. The smallest absolute Gasteiger partial charge is 0.269 e. The van der Waals surface area contributed by atoms with E-state index in [0.717, 1.165) is 37.8 Å². The van der Waals surface area contributed by atoms with Crippen LogP contribution >= 0.6 is 0 Å². The summed E-state index contributed by atoms with van der Waals surface area (Å²) in [5.74, 6) is 1.21. The molecule has 0 atom stereocenters. The molecule has 1 aromatic carbocycles. The van der Waals surface area contributed by atoms with Gasteiger partial charge in [0, 0.05) is 48.6 Å². The van der Waals surface area contributed by atoms with Crippen molar-refractivity contribution in [1.29, 1.82) is 0 Å². The van der Waals surface area contributed by atoms with Crippen molar-refractivity contribution in [3.63, 3.8) is 0 Å². The zero-order valence-electron chi connectivity index (χ0n) is 16.8. The van der Waals surface area contributed by atoms with Crippen molar-refractivity contribution < 1.29 is 13.3 Å². The van der Waals surface area contributed by atoms with Gasteiger partial charge in [0.1, 0.15) is 5.82 Å². The van der Waals surface area contributed by atoms with E-state index in [1.807, 2.05) is 13.0 Å². The Labute approximate surface area is 175 Å². The Bertz CT molecular complexity index is 1030. The molecular weight excluding hydrogens is 406 g/mol. The minimum Gasteiger partial charge on any atom is -0.367 e. The van der Waals surface area contributed by atoms with Crippen LogP contribution in [0.25, 0.3) is 11.4 Å². The van der Waals surface area contributed by atoms with Crippen LogP contribution < -0.4 is 5.32 Å². The van der Waals surface area contributed by atoms with Gasteiger partial charge in [-0.1, -0.05) is 6.92 Å². The van der Waals surface area contributed by atoms with E-state index in [1.165, 1.54) is 12.1 Å². The third-order valence-corrected chi connectivity index (χ3v) is 7.99. The Kier molecular flexibility index (Phi) is 5.70. The number of piperidine rings is 1. The maximum absolute atomic E-state index is 12.4. The molecule has 0 amide bonds. The first-order valence-electron chi connectivity index (χ1n) is 10.2. The molecule has 1 aliphatic heterocycles. The van der Waals surface area contributed by atoms with Crippen molar-refractivity contribution in [2.75, 3.05) is 18.4 Å². The molecule has 1 aromatic heterocycles. The fourth-order valence-corrected chi connectivity index (χ4v) is 5.53. The van der Waals surface area contributed by atoms with Crippen LogP contribution in [0.3, 0.4) is 0 Å². The van der Waals surface area contributed by atoms with E-state index in [0.29, 0.717) is 30.3 Å². The monoisotopic (exact) mass is 431 g/mol. The molecule has 1 N–H and O–H groups in total. The minimum atomic E-state index is -3.12. The van der Waals surface area contributed by atoms with E-state index in [-0.39, 0.29) is 17.0 Å². The number of nitrogens with zero attached hydrogens (tertiary/aromatic N) is 4. The lowest BCUT2D eigenvalue weighted by Crippen LogP contribution is -2.43. The van der Waals surface area contributed by atoms with Gasteiger partial charge in [-0.15, -0.1) is 0 Å². The van der Waals surface area contributed by atoms with E-state index in [1.54, 1.807) is 16.4 Å². The van der Waals surface area contributed by atoms with Crippen LogP contribution in [0.15, 0.2) is 30.3 Å². The second-order valence-electron chi connectivity index (χ2n) is 7.79. The molecule has 0 bridgehead atoms. The first-order chi connectivity index (χ1) is 14.4. The lowest BCUT2D eigenvalue weighted by Gasteiger charge is -2.32. The van der Waals surface area contributed by atoms with Gasteiger partial charge in [-0.2, -0.15) is 0 Å². The quantitative estimate of drug-likeness (QED) is 0.529. The van der Waals surface area contributed by atoms with Crippen molar-refractivity contribution in [2.24, 2.45) is 0 Å². The Hall–Kier alpha value is -2.59. The summed E-state index contributed by atoms with van der Waals surface area (Å²) in [6.07, 6.45) is 3.75. The number of nitrogens with one attached hydrogen (secondary N) is 1. The third kappa shape index (κ3) is 4.44. The molecule has 0 unspecified atom stereocenters. The first kappa shape index (κ1) is 20.7. The van der Waals surface area contributed by atoms with Crippen LogP contribution in [0.1, 0.15) is 38.3 Å². The van der Waals surface area contributed by atoms with Crippen LogP contribution in [-0.4, -0.2) is 52.0 Å². The van der Waals surface area contributed by atoms with E-state index >= 15 is 0 Å². The molecule has 2 heterocycles. The Balaban J connectivity index is 1.47. The van der Waals surface area contributed by atoms with Crippen LogP contribution in [0.4, 0.5) is 11.5 Å². The van der Waals surface area contributed by atoms with Gasteiger partial charge in [0.2, 0.25) is 10.0 Å². The van der Waals surface area contributed by atoms with E-state index in [2.05, 4.69) is 15.3 Å². The zero-order valence-corrected chi connectivity index (χ0v) is 17.6. The van der Waals surface area contributed by atoms with Crippen molar-refractivity contribution in [3.8, 4) is 11.4 Å². The molecule has 2 aromatic rings. The molecule has 2 aliphatic rings. The summed E-state index contributed by atoms with van der Waals surface area (Å²) < 4.78 is 26.4. The largest absolute Gasteiger partial charge is 0.367 e. The summed E-state index contributed by atoms with van der Waals surface area (Å²) in [5.41, 5.74) is 1.61. The third-order valence-electron chi connectivity index (χ3n) is 5.59. The number of aryl methyl sites for hydroxylation is 1. The number of nitro groups is 1. The summed E-state index contributed by atoms with van der Waals surface area (Å²) in [6.45, 7) is 3.06. The van der Waals surface area contributed by atoms with Crippen LogP contribution in [-0.2, 0) is 16.4 Å². The second-order valence-corrected chi connectivity index (χ2v) is 10.0. The van der Waals surface area contributed by atoms with Crippen LogP contribution in [0, 0.1) is 10.1 Å². The van der Waals surface area contributed by atoms with E-state index < -0.39 is 14.9 Å². The number of nitro benzene ring substituents is 1. The molecule has 10 heteroatoms. The van der Waals surface area contributed by atoms with Gasteiger partial charge in [0.25, 0.3) is 5.69 Å². The van der Waals surface area contributed by atoms with Crippen molar-refractivity contribution in [3.05, 3.63) is 46.1 Å². The minimum absolute atomic E-state index is 0.0247. The number of aromatic nitrogens is 2. The van der Waals surface area contributed by atoms with Crippen LogP contribution in [0.5, 0.6) is 0 Å². The first-order valence-corrected chi connectivity index (χ1v) is 11.8. The SMILES string of the molecule is CCc1cc(NC2CCN(S(=O)(=O)C3CC3)CC2)nc(-c2ccc([N+](=O)[O-])cc2)n1. The fourth-order valence-electron chi connectivity index (χ4n) is 3.65. The van der Waals surface area contributed by atoms with E-state index in [9.17, 15) is 18.5 Å². The van der Waals surface area contributed by atoms with Crippen molar-refractivity contribution in [1.82, 2.24) is 14.3 Å². The number of hydrogen-bond acceptors (Lipinski definition) is 7. The molecule has 1 saturated heterocycles. The highest BCUT2D eigenvalue weighted by Gasteiger charge is 2.41. The molecule has 30 heavy (non-hydrogen) atoms. The second kappa shape index (κ2) is 8.27. The normalized spacial score (nSPS) is 18.3. The number of benzene rings is 1. The number of anilines is 1. The van der Waals surface area contributed by atoms with Gasteiger partial charge in [-0.3, -0.25) is 10.1 Å². The molecule has 0 radical (unpaired) electrons. The highest BCUT2D eigenvalue weighted by molar-refractivity contribution is 7.90. The average molecular weight is 432 g/mol. The van der Waals surface area contributed by atoms with Gasteiger partial charge < -0.3 is 5.32 Å². The number of hydrogen-bond donors (Lipinski definition) is 1. The fraction of sp³-hybridized carbons (Fsp3) is 0.500. The Morgan fingerprint density at radius 1 is 1.13 bits per heavy atom. The molecule has 160 valence electrons. The van der Waals surface area contributed by atoms with Gasteiger partial charge in [0.05, 0.1) is 10.2 Å². The summed E-state index contributed by atoms with van der Waals surface area (Å²) in [7, 11) is -3.12. The van der Waals surface area contributed by atoms with Gasteiger partial charge >= 0.3 is 0 Å². The average Bonchev–Trinajstić information content (AvgIpc) is 3.60. The number of sulfonamides is 1. The Morgan fingerprint density at radius 2 is 1.80 bits per heavy atom. The molecule has 0 spiro atoms. The number of non-ortho nitro benzene ring substituents is 1. The maximum atomic E-state index is 12.4. The summed E-state index contributed by atoms with van der Waals surface area (Å²) in [4.78, 5) is 19.6. The molecular formula is C20H25N5O4S. The van der Waals surface area contributed by atoms with Crippen LogP contribution in [0.2, 0.25) is 0 Å². The summed E-state index contributed by atoms with van der Waals surface area (Å²) in [5, 5.41) is 14.1. The predicted octanol–water partition coefficient (Wildman–Crippen LogP) is 2.98. The van der Waals surface area contributed by atoms with Crippen molar-refractivity contribution >= 4 is 21.5 Å². The standard InChI is InChI=1S/C20H25N5O4S/c1-2-15-13-19(23-20(22-15)14-3-5-17(6-4-14)25(26)27)21-16-9-11-24(12-10-16)30(28,29)18-7-8-18/h3-6,13,16,18H,2,7-12H2,1H3,(H,21,22,23). The van der Waals surface area contributed by atoms with Gasteiger partial charge in [-0.25, -0.2) is 22.7 Å². The molecule has 9 nitrogen and oxygen atoms in total. The maximum Gasteiger partial charge on any atom is 0.269 e. The molecule has 2 fully saturated rings. The van der Waals surface area contributed by atoms with Crippen molar-refractivity contribution in [2.45, 2.75) is 50.3 Å². The Morgan fingerprint density at radius 3 is 2.37 bits per heavy atom. The van der Waals surface area contributed by atoms with E-state index in [4.69, 9.17) is 0 Å². The topological polar surface area (TPSA) is 118 Å². The highest BCUT2D eigenvalue weighted by Crippen LogP contribution is 2.32. The zero-order chi connectivity index (χ0) is 21.3. The predicted molar refractivity (Wildman–Crippen MR) is 114 cm³/mol. The lowest BCUT2D eigenvalue weighted by molar-refractivity contribution is -0.384. The molecule has 4 rings (SSSR count).